The first-order valence-electron chi connectivity index (χ1n) is 5.13. The third kappa shape index (κ3) is 1.08. The van der Waals surface area contributed by atoms with Gasteiger partial charge >= 0.3 is 0 Å². The molecule has 1 atom stereocenters. The topological polar surface area (TPSA) is 38.4 Å². The molecule has 3 rings (SSSR count). The monoisotopic (exact) mass is 196 g/mol. The Bertz CT molecular complexity index is 521. The summed E-state index contributed by atoms with van der Waals surface area (Å²) in [6.07, 6.45) is 6.34. The zero-order chi connectivity index (χ0) is 10.4. The lowest BCUT2D eigenvalue weighted by atomic mass is 9.90. The lowest BCUT2D eigenvalue weighted by Gasteiger charge is -2.13. The van der Waals surface area contributed by atoms with Gasteiger partial charge in [0, 0.05) is 22.7 Å². The van der Waals surface area contributed by atoms with Crippen LogP contribution in [-0.2, 0) is 0 Å². The van der Waals surface area contributed by atoms with Gasteiger partial charge in [0.25, 0.3) is 0 Å². The van der Waals surface area contributed by atoms with Gasteiger partial charge in [0.05, 0.1) is 11.4 Å². The molecule has 74 valence electrons. The van der Waals surface area contributed by atoms with Crippen LogP contribution in [0.2, 0.25) is 0 Å². The molecule has 0 fully saturated rings. The molecule has 15 heavy (non-hydrogen) atoms. The molecule has 1 aliphatic heterocycles. The largest absolute Gasteiger partial charge is 0.398 e. The maximum atomic E-state index is 5.99. The number of fused-ring (bicyclic) bond motifs is 3. The molecular weight excluding hydrogens is 184 g/mol. The Balaban J connectivity index is 2.27. The molecule has 1 aromatic carbocycles. The molecule has 2 heteroatoms. The van der Waals surface area contributed by atoms with Gasteiger partial charge in [-0.15, -0.1) is 0 Å². The van der Waals surface area contributed by atoms with Crippen LogP contribution < -0.4 is 5.73 Å². The van der Waals surface area contributed by atoms with E-state index in [2.05, 4.69) is 30.1 Å². The second-order valence-corrected chi connectivity index (χ2v) is 3.99. The van der Waals surface area contributed by atoms with Gasteiger partial charge in [0.15, 0.2) is 0 Å². The van der Waals surface area contributed by atoms with Crippen molar-refractivity contribution >= 4 is 22.7 Å². The molecule has 0 bridgehead atoms. The molecule has 2 N–H and O–H groups in total. The summed E-state index contributed by atoms with van der Waals surface area (Å²) in [6, 6.07) is 5.90. The second-order valence-electron chi connectivity index (χ2n) is 3.99. The molecular formula is C13H12N2. The molecule has 1 unspecified atom stereocenters. The highest BCUT2D eigenvalue weighted by molar-refractivity contribution is 6.32. The number of nitrogens with zero attached hydrogens (tertiary/aromatic N) is 1. The van der Waals surface area contributed by atoms with E-state index in [1.165, 1.54) is 5.57 Å². The summed E-state index contributed by atoms with van der Waals surface area (Å²) in [7, 11) is 0. The van der Waals surface area contributed by atoms with E-state index in [1.54, 1.807) is 0 Å². The van der Waals surface area contributed by atoms with E-state index in [1.807, 2.05) is 18.2 Å². The molecule has 0 radical (unpaired) electrons. The highest BCUT2D eigenvalue weighted by Crippen LogP contribution is 2.41. The molecule has 2 aliphatic rings. The van der Waals surface area contributed by atoms with E-state index >= 15 is 0 Å². The van der Waals surface area contributed by atoms with Crippen LogP contribution in [0, 0.1) is 5.92 Å². The number of hydrogen-bond donors (Lipinski definition) is 1. The minimum absolute atomic E-state index is 0.386. The Labute approximate surface area is 88.8 Å². The highest BCUT2D eigenvalue weighted by Gasteiger charge is 2.26. The predicted octanol–water partition coefficient (Wildman–Crippen LogP) is 2.94. The SMILES string of the molecule is CC1C=CC=C2C1=Nc1cccc(N)c12. The first-order valence-corrected chi connectivity index (χ1v) is 5.13. The van der Waals surface area contributed by atoms with Crippen LogP contribution in [0.4, 0.5) is 11.4 Å². The van der Waals surface area contributed by atoms with E-state index in [0.29, 0.717) is 5.92 Å². The number of allylic oxidation sites excluding steroid dienone is 4. The maximum Gasteiger partial charge on any atom is 0.0733 e. The van der Waals surface area contributed by atoms with Crippen LogP contribution in [0.25, 0.3) is 5.57 Å². The average molecular weight is 196 g/mol. The normalized spacial score (nSPS) is 21.8. The lowest BCUT2D eigenvalue weighted by Crippen LogP contribution is -2.10. The fourth-order valence-electron chi connectivity index (χ4n) is 2.19. The van der Waals surface area contributed by atoms with Crippen molar-refractivity contribution in [1.82, 2.24) is 0 Å². The van der Waals surface area contributed by atoms with Gasteiger partial charge in [-0.05, 0) is 12.1 Å². The van der Waals surface area contributed by atoms with E-state index < -0.39 is 0 Å². The zero-order valence-electron chi connectivity index (χ0n) is 8.57. The fourth-order valence-corrected chi connectivity index (χ4v) is 2.19. The summed E-state index contributed by atoms with van der Waals surface area (Å²) < 4.78 is 0. The standard InChI is InChI=1S/C13H12N2/c1-8-4-2-5-9-12-10(14)6-3-7-11(12)15-13(8)9/h2-8H,14H2,1H3. The van der Waals surface area contributed by atoms with E-state index in [0.717, 1.165) is 22.6 Å². The molecule has 1 heterocycles. The lowest BCUT2D eigenvalue weighted by molar-refractivity contribution is 1.00. The van der Waals surface area contributed by atoms with Gasteiger partial charge in [0.1, 0.15) is 0 Å². The summed E-state index contributed by atoms with van der Waals surface area (Å²) in [5.41, 5.74) is 11.2. The van der Waals surface area contributed by atoms with Gasteiger partial charge < -0.3 is 5.73 Å². The molecule has 2 nitrogen and oxygen atoms in total. The summed E-state index contributed by atoms with van der Waals surface area (Å²) in [4.78, 5) is 4.63. The molecule has 0 saturated heterocycles. The number of benzene rings is 1. The van der Waals surface area contributed by atoms with Gasteiger partial charge in [-0.3, -0.25) is 4.99 Å². The quantitative estimate of drug-likeness (QED) is 0.636. The molecule has 0 amide bonds. The maximum absolute atomic E-state index is 5.99. The molecule has 0 spiro atoms. The van der Waals surface area contributed by atoms with Crippen molar-refractivity contribution in [2.75, 3.05) is 5.73 Å². The Hall–Kier alpha value is -1.83. The van der Waals surface area contributed by atoms with Crippen LogP contribution in [0.1, 0.15) is 12.5 Å². The van der Waals surface area contributed by atoms with Crippen molar-refractivity contribution in [2.24, 2.45) is 10.9 Å². The Morgan fingerprint density at radius 1 is 1.33 bits per heavy atom. The number of anilines is 1. The summed E-state index contributed by atoms with van der Waals surface area (Å²) in [5.74, 6) is 0.386. The van der Waals surface area contributed by atoms with Crippen LogP contribution in [-0.4, -0.2) is 5.71 Å². The van der Waals surface area contributed by atoms with Gasteiger partial charge in [-0.25, -0.2) is 0 Å². The number of hydrogen-bond acceptors (Lipinski definition) is 2. The number of nitrogen functional groups attached to an aromatic ring is 1. The number of rotatable bonds is 0. The summed E-state index contributed by atoms with van der Waals surface area (Å²) in [6.45, 7) is 2.16. The first kappa shape index (κ1) is 8.48. The summed E-state index contributed by atoms with van der Waals surface area (Å²) in [5, 5.41) is 0. The van der Waals surface area contributed by atoms with Crippen molar-refractivity contribution in [3.8, 4) is 0 Å². The fraction of sp³-hybridized carbons (Fsp3) is 0.154. The van der Waals surface area contributed by atoms with Gasteiger partial charge in [-0.1, -0.05) is 31.2 Å². The van der Waals surface area contributed by atoms with Crippen LogP contribution in [0.15, 0.2) is 41.4 Å². The Morgan fingerprint density at radius 3 is 3.07 bits per heavy atom. The minimum Gasteiger partial charge on any atom is -0.398 e. The van der Waals surface area contributed by atoms with Crippen molar-refractivity contribution in [3.05, 3.63) is 42.0 Å². The molecule has 0 saturated carbocycles. The third-order valence-corrected chi connectivity index (χ3v) is 2.95. The van der Waals surface area contributed by atoms with E-state index in [9.17, 15) is 0 Å². The second kappa shape index (κ2) is 2.83. The third-order valence-electron chi connectivity index (χ3n) is 2.95. The minimum atomic E-state index is 0.386. The highest BCUT2D eigenvalue weighted by atomic mass is 14.8. The zero-order valence-corrected chi connectivity index (χ0v) is 8.57. The molecule has 0 aromatic heterocycles. The van der Waals surface area contributed by atoms with Crippen LogP contribution >= 0.6 is 0 Å². The van der Waals surface area contributed by atoms with Crippen molar-refractivity contribution in [2.45, 2.75) is 6.92 Å². The molecule has 1 aromatic rings. The average Bonchev–Trinajstić information content (AvgIpc) is 2.59. The van der Waals surface area contributed by atoms with Crippen molar-refractivity contribution < 1.29 is 0 Å². The van der Waals surface area contributed by atoms with Gasteiger partial charge in [-0.2, -0.15) is 0 Å². The van der Waals surface area contributed by atoms with Crippen LogP contribution in [0.5, 0.6) is 0 Å². The number of nitrogens with two attached hydrogens (primary N) is 1. The predicted molar refractivity (Wildman–Crippen MR) is 64.2 cm³/mol. The number of aliphatic imine (C=N–C) groups is 1. The first-order chi connectivity index (χ1) is 7.27. The van der Waals surface area contributed by atoms with Crippen LogP contribution in [0.3, 0.4) is 0 Å². The Morgan fingerprint density at radius 2 is 2.20 bits per heavy atom. The summed E-state index contributed by atoms with van der Waals surface area (Å²) >= 11 is 0. The molecule has 1 aliphatic carbocycles. The smallest absolute Gasteiger partial charge is 0.0733 e. The van der Waals surface area contributed by atoms with Gasteiger partial charge in [0.2, 0.25) is 0 Å². The van der Waals surface area contributed by atoms with Crippen molar-refractivity contribution in [1.29, 1.82) is 0 Å². The Kier molecular flexibility index (Phi) is 1.60. The van der Waals surface area contributed by atoms with E-state index in [-0.39, 0.29) is 0 Å². The van der Waals surface area contributed by atoms with E-state index in [4.69, 9.17) is 5.73 Å². The van der Waals surface area contributed by atoms with Crippen molar-refractivity contribution in [3.63, 3.8) is 0 Å².